The maximum Gasteiger partial charge on any atom is 0.168 e. The van der Waals surface area contributed by atoms with Crippen LogP contribution in [0.25, 0.3) is 0 Å². The third kappa shape index (κ3) is 3.16. The van der Waals surface area contributed by atoms with Crippen molar-refractivity contribution < 1.29 is 4.79 Å². The van der Waals surface area contributed by atoms with Gasteiger partial charge in [0.15, 0.2) is 5.78 Å². The van der Waals surface area contributed by atoms with Crippen LogP contribution in [0.5, 0.6) is 0 Å². The highest BCUT2D eigenvalue weighted by Gasteiger charge is 2.25. The first-order valence-corrected chi connectivity index (χ1v) is 6.04. The van der Waals surface area contributed by atoms with Gasteiger partial charge in [-0.05, 0) is 11.6 Å². The average molecular weight is 233 g/mol. The minimum Gasteiger partial charge on any atom is -0.330 e. The molecule has 0 saturated heterocycles. The van der Waals surface area contributed by atoms with E-state index in [1.807, 2.05) is 45.0 Å². The second-order valence-corrected chi connectivity index (χ2v) is 6.25. The van der Waals surface area contributed by atoms with Gasteiger partial charge >= 0.3 is 0 Å². The van der Waals surface area contributed by atoms with Crippen LogP contribution in [0.3, 0.4) is 0 Å². The van der Waals surface area contributed by atoms with Crippen LogP contribution in [0.15, 0.2) is 24.3 Å². The maximum atomic E-state index is 12.2. The monoisotopic (exact) mass is 233 g/mol. The molecule has 0 fully saturated rings. The molecule has 0 aliphatic rings. The van der Waals surface area contributed by atoms with Crippen molar-refractivity contribution in [2.45, 2.75) is 40.0 Å². The first-order chi connectivity index (χ1) is 7.68. The summed E-state index contributed by atoms with van der Waals surface area (Å²) < 4.78 is 0. The van der Waals surface area contributed by atoms with Crippen LogP contribution in [0.2, 0.25) is 0 Å². The Morgan fingerprint density at radius 3 is 2.24 bits per heavy atom. The van der Waals surface area contributed by atoms with Crippen molar-refractivity contribution in [3.8, 4) is 0 Å². The summed E-state index contributed by atoms with van der Waals surface area (Å²) in [4.78, 5) is 12.2. The van der Waals surface area contributed by atoms with Gasteiger partial charge in [0.1, 0.15) is 0 Å². The summed E-state index contributed by atoms with van der Waals surface area (Å²) in [6.07, 6.45) is 0. The summed E-state index contributed by atoms with van der Waals surface area (Å²) in [6, 6.07) is 7.82. The van der Waals surface area contributed by atoms with Crippen LogP contribution in [-0.2, 0) is 5.41 Å². The second-order valence-electron chi connectivity index (χ2n) is 6.25. The highest BCUT2D eigenvalue weighted by molar-refractivity contribution is 5.99. The van der Waals surface area contributed by atoms with E-state index < -0.39 is 0 Å². The van der Waals surface area contributed by atoms with E-state index in [0.29, 0.717) is 6.54 Å². The zero-order chi connectivity index (χ0) is 13.3. The molecule has 0 aromatic heterocycles. The largest absolute Gasteiger partial charge is 0.330 e. The first-order valence-electron chi connectivity index (χ1n) is 6.04. The normalized spacial score (nSPS) is 12.6. The van der Waals surface area contributed by atoms with Crippen molar-refractivity contribution in [1.82, 2.24) is 0 Å². The zero-order valence-electron chi connectivity index (χ0n) is 11.5. The summed E-state index contributed by atoms with van der Waals surface area (Å²) >= 11 is 0. The van der Waals surface area contributed by atoms with Crippen LogP contribution in [0, 0.1) is 5.41 Å². The average Bonchev–Trinajstić information content (AvgIpc) is 2.27. The van der Waals surface area contributed by atoms with Gasteiger partial charge in [0.25, 0.3) is 0 Å². The third-order valence-electron chi connectivity index (χ3n) is 3.10. The fourth-order valence-corrected chi connectivity index (χ4v) is 1.63. The minimum atomic E-state index is -0.342. The molecule has 94 valence electrons. The molecule has 0 heterocycles. The number of nitrogens with two attached hydrogens (primary N) is 1. The van der Waals surface area contributed by atoms with Crippen LogP contribution in [-0.4, -0.2) is 12.3 Å². The van der Waals surface area contributed by atoms with Gasteiger partial charge in [-0.2, -0.15) is 0 Å². The zero-order valence-corrected chi connectivity index (χ0v) is 11.5. The molecule has 0 saturated carbocycles. The molecule has 0 atom stereocenters. The number of hydrogen-bond acceptors (Lipinski definition) is 2. The first kappa shape index (κ1) is 13.9. The Labute approximate surface area is 104 Å². The van der Waals surface area contributed by atoms with Crippen LogP contribution in [0.1, 0.15) is 50.5 Å². The van der Waals surface area contributed by atoms with Gasteiger partial charge in [-0.15, -0.1) is 0 Å². The number of carbonyl (C=O) groups excluding carboxylic acids is 1. The molecule has 0 spiro atoms. The SMILES string of the molecule is CC(C)(C)C(=O)c1cccc(C(C)(C)CN)c1. The Kier molecular flexibility index (Phi) is 3.78. The molecular weight excluding hydrogens is 210 g/mol. The van der Waals surface area contributed by atoms with Gasteiger partial charge in [0.05, 0.1) is 0 Å². The number of carbonyl (C=O) groups is 1. The Morgan fingerprint density at radius 2 is 1.76 bits per heavy atom. The molecule has 0 unspecified atom stereocenters. The Bertz CT molecular complexity index is 413. The standard InChI is InChI=1S/C15H23NO/c1-14(2,3)13(17)11-7-6-8-12(9-11)15(4,5)10-16/h6-9H,10,16H2,1-5H3. The lowest BCUT2D eigenvalue weighted by Crippen LogP contribution is -2.28. The summed E-state index contributed by atoms with van der Waals surface area (Å²) in [6.45, 7) is 10.6. The molecule has 0 radical (unpaired) electrons. The summed E-state index contributed by atoms with van der Waals surface area (Å²) in [5.41, 5.74) is 7.23. The van der Waals surface area contributed by atoms with Gasteiger partial charge in [-0.1, -0.05) is 52.8 Å². The van der Waals surface area contributed by atoms with Crippen LogP contribution < -0.4 is 5.73 Å². The van der Waals surface area contributed by atoms with Crippen LogP contribution in [0.4, 0.5) is 0 Å². The molecule has 0 aliphatic carbocycles. The smallest absolute Gasteiger partial charge is 0.168 e. The lowest BCUT2D eigenvalue weighted by molar-refractivity contribution is 0.0858. The molecular formula is C15H23NO. The van der Waals surface area contributed by atoms with Crippen molar-refractivity contribution in [2.24, 2.45) is 11.1 Å². The van der Waals surface area contributed by atoms with E-state index in [1.165, 1.54) is 0 Å². The van der Waals surface area contributed by atoms with Gasteiger partial charge in [-0.25, -0.2) is 0 Å². The van der Waals surface area contributed by atoms with Crippen molar-refractivity contribution >= 4 is 5.78 Å². The quantitative estimate of drug-likeness (QED) is 0.815. The molecule has 1 aromatic rings. The molecule has 0 bridgehead atoms. The van der Waals surface area contributed by atoms with Gasteiger partial charge in [0, 0.05) is 22.9 Å². The highest BCUT2D eigenvalue weighted by atomic mass is 16.1. The molecule has 1 rings (SSSR count). The van der Waals surface area contributed by atoms with E-state index in [2.05, 4.69) is 13.8 Å². The fourth-order valence-electron chi connectivity index (χ4n) is 1.63. The number of ketones is 1. The second kappa shape index (κ2) is 4.61. The maximum absolute atomic E-state index is 12.2. The van der Waals surface area contributed by atoms with Crippen LogP contribution >= 0.6 is 0 Å². The third-order valence-corrected chi connectivity index (χ3v) is 3.10. The molecule has 2 nitrogen and oxygen atoms in total. The lowest BCUT2D eigenvalue weighted by Gasteiger charge is -2.24. The van der Waals surface area contributed by atoms with Gasteiger partial charge in [-0.3, -0.25) is 4.79 Å². The number of rotatable bonds is 3. The fraction of sp³-hybridized carbons (Fsp3) is 0.533. The predicted octanol–water partition coefficient (Wildman–Crippen LogP) is 3.15. The van der Waals surface area contributed by atoms with E-state index in [0.717, 1.165) is 11.1 Å². The van der Waals surface area contributed by atoms with Crippen molar-refractivity contribution in [1.29, 1.82) is 0 Å². The Balaban J connectivity index is 3.15. The van der Waals surface area contributed by atoms with E-state index in [9.17, 15) is 4.79 Å². The van der Waals surface area contributed by atoms with E-state index >= 15 is 0 Å². The van der Waals surface area contributed by atoms with Gasteiger partial charge in [0.2, 0.25) is 0 Å². The van der Waals surface area contributed by atoms with E-state index in [-0.39, 0.29) is 16.6 Å². The molecule has 2 N–H and O–H groups in total. The predicted molar refractivity (Wildman–Crippen MR) is 72.3 cm³/mol. The molecule has 2 heteroatoms. The number of hydrogen-bond donors (Lipinski definition) is 1. The van der Waals surface area contributed by atoms with Crippen molar-refractivity contribution in [3.63, 3.8) is 0 Å². The molecule has 0 amide bonds. The summed E-state index contributed by atoms with van der Waals surface area (Å²) in [7, 11) is 0. The van der Waals surface area contributed by atoms with Gasteiger partial charge < -0.3 is 5.73 Å². The highest BCUT2D eigenvalue weighted by Crippen LogP contribution is 2.26. The van der Waals surface area contributed by atoms with E-state index in [1.54, 1.807) is 0 Å². The van der Waals surface area contributed by atoms with E-state index in [4.69, 9.17) is 5.73 Å². The van der Waals surface area contributed by atoms with Crippen molar-refractivity contribution in [3.05, 3.63) is 35.4 Å². The topological polar surface area (TPSA) is 43.1 Å². The number of Topliss-reactive ketones (excluding diaryl/α,β-unsaturated/α-hetero) is 1. The minimum absolute atomic E-state index is 0.0891. The van der Waals surface area contributed by atoms with Crippen molar-refractivity contribution in [2.75, 3.05) is 6.54 Å². The lowest BCUT2D eigenvalue weighted by atomic mass is 9.81. The Hall–Kier alpha value is -1.15. The summed E-state index contributed by atoms with van der Waals surface area (Å²) in [5, 5.41) is 0. The molecule has 17 heavy (non-hydrogen) atoms. The molecule has 0 aliphatic heterocycles. The molecule has 1 aromatic carbocycles. The summed E-state index contributed by atoms with van der Waals surface area (Å²) in [5.74, 6) is 0.173. The Morgan fingerprint density at radius 1 is 1.18 bits per heavy atom. The number of benzene rings is 1.